The van der Waals surface area contributed by atoms with Gasteiger partial charge < -0.3 is 25.2 Å². The van der Waals surface area contributed by atoms with E-state index in [0.29, 0.717) is 5.56 Å². The predicted octanol–water partition coefficient (Wildman–Crippen LogP) is 3.06. The summed E-state index contributed by atoms with van der Waals surface area (Å²) in [6.45, 7) is 3.95. The Morgan fingerprint density at radius 2 is 1.81 bits per heavy atom. The summed E-state index contributed by atoms with van der Waals surface area (Å²) >= 11 is 0. The molecule has 0 fully saturated rings. The number of carboxylic acids is 1. The highest BCUT2D eigenvalue weighted by Gasteiger charge is 2.20. The maximum atomic E-state index is 11.9. The van der Waals surface area contributed by atoms with Crippen molar-refractivity contribution in [2.75, 3.05) is 6.54 Å². The first kappa shape index (κ1) is 16.4. The van der Waals surface area contributed by atoms with Crippen molar-refractivity contribution in [3.05, 3.63) is 35.9 Å². The van der Waals surface area contributed by atoms with Crippen LogP contribution in [0.4, 0.5) is 9.59 Å². The zero-order valence-corrected chi connectivity index (χ0v) is 15.6. The van der Waals surface area contributed by atoms with E-state index in [9.17, 15) is 19.5 Å². The zero-order valence-electron chi connectivity index (χ0n) is 19.6. The first-order valence-corrected chi connectivity index (χ1v) is 8.30. The molecule has 0 aliphatic rings. The summed E-state index contributed by atoms with van der Waals surface area (Å²) in [4.78, 5) is 35.1. The van der Waals surface area contributed by atoms with Crippen LogP contribution in [0.2, 0.25) is 0 Å². The number of ether oxygens (including phenoxy) is 2. The summed E-state index contributed by atoms with van der Waals surface area (Å²) in [7, 11) is 0. The molecule has 1 atom stereocenters. The van der Waals surface area contributed by atoms with Gasteiger partial charge in [-0.1, -0.05) is 30.3 Å². The van der Waals surface area contributed by atoms with Crippen LogP contribution in [0.1, 0.15) is 51.0 Å². The van der Waals surface area contributed by atoms with Crippen molar-refractivity contribution in [1.29, 1.82) is 0 Å². The van der Waals surface area contributed by atoms with Crippen molar-refractivity contribution in [2.24, 2.45) is 0 Å². The van der Waals surface area contributed by atoms with Crippen LogP contribution in [-0.2, 0) is 20.9 Å². The second kappa shape index (κ2) is 11.1. The van der Waals surface area contributed by atoms with E-state index >= 15 is 0 Å². The van der Waals surface area contributed by atoms with Crippen LogP contribution in [-0.4, -0.2) is 41.4 Å². The third-order valence-electron chi connectivity index (χ3n) is 2.95. The van der Waals surface area contributed by atoms with E-state index in [1.165, 1.54) is 0 Å². The lowest BCUT2D eigenvalue weighted by atomic mass is 10.1. The smallest absolute Gasteiger partial charge is 0.408 e. The second-order valence-electron chi connectivity index (χ2n) is 6.51. The summed E-state index contributed by atoms with van der Waals surface area (Å²) in [5.74, 6) is -1.56. The van der Waals surface area contributed by atoms with Crippen LogP contribution in [0.5, 0.6) is 0 Å². The number of nitrogens with one attached hydrogen (secondary N) is 2. The van der Waals surface area contributed by atoms with Crippen molar-refractivity contribution in [3.63, 3.8) is 0 Å². The molecule has 3 N–H and O–H groups in total. The lowest BCUT2D eigenvalue weighted by Gasteiger charge is -2.19. The fourth-order valence-electron chi connectivity index (χ4n) is 1.77. The molecule has 0 aliphatic carbocycles. The number of carbonyl (C=O) groups excluding carboxylic acids is 2. The van der Waals surface area contributed by atoms with Gasteiger partial charge in [-0.05, 0) is 45.5 Å². The molecule has 150 valence electrons. The van der Waals surface area contributed by atoms with Gasteiger partial charge in [0.05, 0.1) is 0 Å². The fourth-order valence-corrected chi connectivity index (χ4v) is 1.77. The minimum Gasteiger partial charge on any atom is -0.480 e. The van der Waals surface area contributed by atoms with Gasteiger partial charge in [0.25, 0.3) is 0 Å². The molecule has 0 heterocycles. The Morgan fingerprint density at radius 1 is 1.15 bits per heavy atom. The van der Waals surface area contributed by atoms with Crippen molar-refractivity contribution >= 4 is 18.2 Å². The molecule has 8 nitrogen and oxygen atoms in total. The highest BCUT2D eigenvalue weighted by atomic mass is 16.6. The molecule has 1 aromatic rings. The summed E-state index contributed by atoms with van der Waals surface area (Å²) in [5.41, 5.74) is -0.154. The molecule has 1 rings (SSSR count). The van der Waals surface area contributed by atoms with Crippen LogP contribution in [0.15, 0.2) is 30.3 Å². The van der Waals surface area contributed by atoms with Gasteiger partial charge >= 0.3 is 18.2 Å². The van der Waals surface area contributed by atoms with E-state index in [1.807, 2.05) is 5.32 Å². The normalized spacial score (nSPS) is 15.2. The first-order chi connectivity index (χ1) is 14.1. The number of carboxylic acid groups (broad SMARTS) is 1. The molecule has 2 amide bonds. The van der Waals surface area contributed by atoms with Gasteiger partial charge in [-0.3, -0.25) is 0 Å². The number of carbonyl (C=O) groups is 3. The zero-order chi connectivity index (χ0) is 23.9. The maximum Gasteiger partial charge on any atom is 0.408 e. The molecule has 0 aliphatic heterocycles. The fraction of sp³-hybridized carbons (Fsp3) is 0.526. The van der Waals surface area contributed by atoms with E-state index in [4.69, 9.17) is 15.0 Å². The van der Waals surface area contributed by atoms with Gasteiger partial charge in [-0.25, -0.2) is 14.4 Å². The Hall–Kier alpha value is -2.77. The summed E-state index contributed by atoms with van der Waals surface area (Å²) < 4.78 is 41.8. The van der Waals surface area contributed by atoms with Crippen LogP contribution in [0.3, 0.4) is 0 Å². The van der Waals surface area contributed by atoms with Crippen LogP contribution < -0.4 is 10.6 Å². The van der Waals surface area contributed by atoms with E-state index in [2.05, 4.69) is 5.32 Å². The molecule has 8 heteroatoms. The number of benzene rings is 1. The predicted molar refractivity (Wildman–Crippen MR) is 99.3 cm³/mol. The van der Waals surface area contributed by atoms with Crippen molar-refractivity contribution < 1.29 is 34.4 Å². The minimum atomic E-state index is -2.72. The van der Waals surface area contributed by atoms with E-state index < -0.39 is 55.5 Å². The lowest BCUT2D eigenvalue weighted by molar-refractivity contribution is -0.139. The number of hydrogen-bond acceptors (Lipinski definition) is 5. The van der Waals surface area contributed by atoms with Gasteiger partial charge in [0.1, 0.15) is 18.2 Å². The molecular weight excluding hydrogens is 352 g/mol. The molecule has 0 unspecified atom stereocenters. The Balaban J connectivity index is 2.70. The highest BCUT2D eigenvalue weighted by molar-refractivity contribution is 5.79. The van der Waals surface area contributed by atoms with Gasteiger partial charge in [0, 0.05) is 12.0 Å². The van der Waals surface area contributed by atoms with Crippen molar-refractivity contribution in [3.8, 4) is 0 Å². The third kappa shape index (κ3) is 10.7. The Kier molecular flexibility index (Phi) is 6.72. The van der Waals surface area contributed by atoms with Gasteiger partial charge in [0.15, 0.2) is 0 Å². The van der Waals surface area contributed by atoms with E-state index in [-0.39, 0.29) is 6.61 Å². The molecule has 0 spiro atoms. The quantitative estimate of drug-likeness (QED) is 0.603. The third-order valence-corrected chi connectivity index (χ3v) is 2.95. The van der Waals surface area contributed by atoms with Crippen LogP contribution in [0, 0.1) is 0 Å². The molecule has 0 radical (unpaired) electrons. The Bertz CT molecular complexity index is 768. The number of amides is 2. The number of rotatable bonds is 9. The topological polar surface area (TPSA) is 114 Å². The number of hydrogen-bond donors (Lipinski definition) is 3. The largest absolute Gasteiger partial charge is 0.480 e. The monoisotopic (exact) mass is 384 g/mol. The Morgan fingerprint density at radius 3 is 2.41 bits per heavy atom. The van der Waals surface area contributed by atoms with E-state index in [0.717, 1.165) is 0 Å². The summed E-state index contributed by atoms with van der Waals surface area (Å²) in [5, 5.41) is 13.5. The molecule has 27 heavy (non-hydrogen) atoms. The number of aliphatic carboxylic acids is 1. The highest BCUT2D eigenvalue weighted by Crippen LogP contribution is 2.07. The number of alkyl carbamates (subject to hydrolysis) is 2. The first-order valence-electron chi connectivity index (χ1n) is 10.3. The van der Waals surface area contributed by atoms with Crippen molar-refractivity contribution in [2.45, 2.75) is 58.2 Å². The lowest BCUT2D eigenvalue weighted by Crippen LogP contribution is -2.41. The molecule has 0 aromatic heterocycles. The standard InChI is InChI=1S/C19H28N2O6/c1-19(2,3)27-17(24)20-12-8-7-11-15(16(22)23)21-18(25)26-13-14-9-5-4-6-10-14/h4-6,9-10,15H,7-8,11-13H2,1-3H3,(H,20,24)(H,21,25)(H,22,23)/t15-/m0/s1/i7D2,8D2. The van der Waals surface area contributed by atoms with E-state index in [1.54, 1.807) is 51.1 Å². The average Bonchev–Trinajstić information content (AvgIpc) is 2.63. The van der Waals surface area contributed by atoms with Crippen molar-refractivity contribution in [1.82, 2.24) is 10.6 Å². The average molecular weight is 384 g/mol. The van der Waals surface area contributed by atoms with Crippen LogP contribution >= 0.6 is 0 Å². The SMILES string of the molecule is [2H]C([2H])(CNC(=O)OC(C)(C)C)C([2H])([2H])C[C@H](NC(=O)OCc1ccccc1)C(=O)O. The minimum absolute atomic E-state index is 0.119. The van der Waals surface area contributed by atoms with Crippen LogP contribution in [0.25, 0.3) is 0 Å². The van der Waals surface area contributed by atoms with Gasteiger partial charge in [-0.2, -0.15) is 0 Å². The molecule has 0 saturated heterocycles. The molecule has 0 bridgehead atoms. The molecular formula is C19H28N2O6. The van der Waals surface area contributed by atoms with Gasteiger partial charge in [0.2, 0.25) is 0 Å². The Labute approximate surface area is 164 Å². The van der Waals surface area contributed by atoms with Gasteiger partial charge in [-0.15, -0.1) is 0 Å². The summed E-state index contributed by atoms with van der Waals surface area (Å²) in [6, 6.07) is 6.89. The second-order valence-corrected chi connectivity index (χ2v) is 6.51. The summed E-state index contributed by atoms with van der Waals surface area (Å²) in [6.07, 6.45) is -8.30. The molecule has 0 saturated carbocycles. The molecule has 1 aromatic carbocycles. The maximum absolute atomic E-state index is 11.9.